The Kier molecular flexibility index (Phi) is 5.28. The summed E-state index contributed by atoms with van der Waals surface area (Å²) in [7, 11) is 3.92. The first kappa shape index (κ1) is 22.6. The van der Waals surface area contributed by atoms with Crippen molar-refractivity contribution in [3.8, 4) is 11.8 Å². The van der Waals surface area contributed by atoms with Crippen molar-refractivity contribution in [2.24, 2.45) is 5.92 Å². The molecule has 34 heavy (non-hydrogen) atoms. The summed E-state index contributed by atoms with van der Waals surface area (Å²) in [5, 5.41) is 38.5. The number of aliphatic hydroxyl groups is 2. The first-order chi connectivity index (χ1) is 16.2. The molecule has 0 unspecified atom stereocenters. The lowest BCUT2D eigenvalue weighted by atomic mass is 9.71. The van der Waals surface area contributed by atoms with Gasteiger partial charge in [-0.05, 0) is 51.2 Å². The lowest BCUT2D eigenvalue weighted by Gasteiger charge is -2.40. The summed E-state index contributed by atoms with van der Waals surface area (Å²) in [4.78, 5) is 2.02. The first-order valence-electron chi connectivity index (χ1n) is 11.6. The van der Waals surface area contributed by atoms with Crippen LogP contribution in [0.1, 0.15) is 48.2 Å². The fraction of sp³-hybridized carbons (Fsp3) is 0.407. The molecule has 1 fully saturated rings. The third kappa shape index (κ3) is 2.96. The molecule has 0 spiro atoms. The molecule has 0 radical (unpaired) electrons. The average Bonchev–Trinajstić information content (AvgIpc) is 3.41. The monoisotopic (exact) mass is 458 g/mol. The third-order valence-electron chi connectivity index (χ3n) is 7.30. The molecule has 0 bridgehead atoms. The van der Waals surface area contributed by atoms with Crippen molar-refractivity contribution >= 4 is 0 Å². The topological polar surface area (TPSA) is 94.5 Å². The fourth-order valence-electron chi connectivity index (χ4n) is 5.88. The second-order valence-corrected chi connectivity index (χ2v) is 9.97. The number of nitrogens with zero attached hydrogens (tertiary/aromatic N) is 4. The number of aliphatic hydroxyl groups excluding tert-OH is 1. The van der Waals surface area contributed by atoms with Crippen molar-refractivity contribution in [2.45, 2.75) is 43.1 Å². The average molecular weight is 459 g/mol. The van der Waals surface area contributed by atoms with Crippen molar-refractivity contribution in [3.05, 3.63) is 83.2 Å². The van der Waals surface area contributed by atoms with Crippen molar-refractivity contribution in [2.75, 3.05) is 20.6 Å². The van der Waals surface area contributed by atoms with Gasteiger partial charge in [0.15, 0.2) is 17.0 Å². The Bertz CT molecular complexity index is 1230. The number of aromatic nitrogens is 2. The number of hydrogen-bond acceptors (Lipinski definition) is 6. The van der Waals surface area contributed by atoms with Crippen molar-refractivity contribution in [3.63, 3.8) is 0 Å². The van der Waals surface area contributed by atoms with Crippen molar-refractivity contribution in [1.82, 2.24) is 14.7 Å². The van der Waals surface area contributed by atoms with E-state index in [4.69, 9.17) is 9.84 Å². The van der Waals surface area contributed by atoms with Crippen LogP contribution in [-0.2, 0) is 11.2 Å². The predicted molar refractivity (Wildman–Crippen MR) is 127 cm³/mol. The highest BCUT2D eigenvalue weighted by molar-refractivity contribution is 5.53. The van der Waals surface area contributed by atoms with Gasteiger partial charge in [0.25, 0.3) is 0 Å². The molecule has 2 aromatic carbocycles. The zero-order valence-electron chi connectivity index (χ0n) is 19.9. The zero-order valence-corrected chi connectivity index (χ0v) is 19.9. The van der Waals surface area contributed by atoms with E-state index >= 15 is 0 Å². The Hall–Kier alpha value is -3.18. The second kappa shape index (κ2) is 7.95. The smallest absolute Gasteiger partial charge is 0.183 e. The first-order valence-corrected chi connectivity index (χ1v) is 11.6. The minimum Gasteiger partial charge on any atom is -0.475 e. The van der Waals surface area contributed by atoms with Crippen LogP contribution >= 0.6 is 0 Å². The van der Waals surface area contributed by atoms with E-state index in [-0.39, 0.29) is 17.9 Å². The van der Waals surface area contributed by atoms with Crippen LogP contribution in [0.2, 0.25) is 0 Å². The minimum absolute atomic E-state index is 0.0724. The quantitative estimate of drug-likeness (QED) is 0.610. The highest BCUT2D eigenvalue weighted by Gasteiger charge is 2.77. The SMILES string of the molecule is CC(C)n1cc2c(n1)[C@]1(O)[C@H](O)[C@H](CN(C)C)[C@@H](c3ccccc3)[C@]1(c1ccc(C#N)cc1)O2. The normalized spacial score (nSPS) is 29.7. The van der Waals surface area contributed by atoms with Crippen LogP contribution in [-0.4, -0.2) is 51.6 Å². The lowest BCUT2D eigenvalue weighted by Crippen LogP contribution is -2.52. The van der Waals surface area contributed by atoms with Gasteiger partial charge in [-0.15, -0.1) is 0 Å². The Morgan fingerprint density at radius 2 is 1.82 bits per heavy atom. The molecule has 1 saturated carbocycles. The van der Waals surface area contributed by atoms with Gasteiger partial charge in [-0.2, -0.15) is 10.4 Å². The molecular weight excluding hydrogens is 428 g/mol. The molecular formula is C27H30N4O3. The van der Waals surface area contributed by atoms with Gasteiger partial charge in [-0.25, -0.2) is 0 Å². The van der Waals surface area contributed by atoms with Crippen LogP contribution in [0.25, 0.3) is 0 Å². The third-order valence-corrected chi connectivity index (χ3v) is 7.30. The van der Waals surface area contributed by atoms with Gasteiger partial charge < -0.3 is 19.8 Å². The van der Waals surface area contributed by atoms with Gasteiger partial charge in [0.05, 0.1) is 23.9 Å². The van der Waals surface area contributed by atoms with Crippen LogP contribution in [0.4, 0.5) is 0 Å². The zero-order chi connectivity index (χ0) is 24.3. The van der Waals surface area contributed by atoms with E-state index in [1.807, 2.05) is 75.3 Å². The minimum atomic E-state index is -1.78. The van der Waals surface area contributed by atoms with Crippen LogP contribution in [0, 0.1) is 17.2 Å². The second-order valence-electron chi connectivity index (χ2n) is 9.97. The van der Waals surface area contributed by atoms with Crippen LogP contribution in [0.5, 0.6) is 5.75 Å². The molecule has 3 aromatic rings. The molecule has 0 amide bonds. The standard InChI is InChI=1S/C27H30N4O3/c1-17(2)31-16-22-24(29-31)26(33)25(32)21(15-30(3)4)23(19-8-6-5-7-9-19)27(26,34-22)20-12-10-18(14-28)11-13-20/h5-13,16-17,21,23,25,32-33H,15H2,1-4H3/t21-,23-,25-,26+,27+/m1/s1. The molecule has 7 heteroatoms. The van der Waals surface area contributed by atoms with E-state index in [0.717, 1.165) is 5.56 Å². The van der Waals surface area contributed by atoms with Crippen molar-refractivity contribution in [1.29, 1.82) is 5.26 Å². The molecule has 5 atom stereocenters. The maximum absolute atomic E-state index is 12.6. The van der Waals surface area contributed by atoms with E-state index in [1.54, 1.807) is 23.0 Å². The largest absolute Gasteiger partial charge is 0.475 e. The number of fused-ring (bicyclic) bond motifs is 3. The van der Waals surface area contributed by atoms with E-state index in [1.165, 1.54) is 0 Å². The van der Waals surface area contributed by atoms with E-state index < -0.39 is 17.3 Å². The fourth-order valence-corrected chi connectivity index (χ4v) is 5.88. The Balaban J connectivity index is 1.80. The lowest BCUT2D eigenvalue weighted by molar-refractivity contribution is -0.154. The Morgan fingerprint density at radius 1 is 1.15 bits per heavy atom. The Labute approximate surface area is 199 Å². The van der Waals surface area contributed by atoms with Crippen LogP contribution in [0.3, 0.4) is 0 Å². The molecule has 0 saturated heterocycles. The summed E-state index contributed by atoms with van der Waals surface area (Å²) in [6, 6.07) is 19.3. The number of hydrogen-bond donors (Lipinski definition) is 2. The molecule has 2 heterocycles. The summed E-state index contributed by atoms with van der Waals surface area (Å²) in [5.41, 5.74) is -0.536. The molecule has 176 valence electrons. The number of rotatable bonds is 5. The molecule has 1 aromatic heterocycles. The Morgan fingerprint density at radius 3 is 2.41 bits per heavy atom. The number of nitriles is 1. The maximum Gasteiger partial charge on any atom is 0.183 e. The van der Waals surface area contributed by atoms with Gasteiger partial charge >= 0.3 is 0 Å². The molecule has 1 aliphatic heterocycles. The van der Waals surface area contributed by atoms with Crippen LogP contribution < -0.4 is 4.74 Å². The van der Waals surface area contributed by atoms with E-state index in [0.29, 0.717) is 29.1 Å². The van der Waals surface area contributed by atoms with Crippen LogP contribution in [0.15, 0.2) is 60.8 Å². The molecule has 5 rings (SSSR count). The summed E-state index contributed by atoms with van der Waals surface area (Å²) < 4.78 is 8.53. The number of benzene rings is 2. The van der Waals surface area contributed by atoms with Gasteiger partial charge in [0.1, 0.15) is 5.69 Å². The summed E-state index contributed by atoms with van der Waals surface area (Å²) >= 11 is 0. The maximum atomic E-state index is 12.6. The van der Waals surface area contributed by atoms with Gasteiger partial charge in [-0.3, -0.25) is 4.68 Å². The molecule has 2 N–H and O–H groups in total. The summed E-state index contributed by atoms with van der Waals surface area (Å²) in [6.45, 7) is 4.56. The number of ether oxygens (including phenoxy) is 1. The molecule has 7 nitrogen and oxygen atoms in total. The van der Waals surface area contributed by atoms with Gasteiger partial charge in [-0.1, -0.05) is 42.5 Å². The highest BCUT2D eigenvalue weighted by Crippen LogP contribution is 2.68. The molecule has 2 aliphatic rings. The van der Waals surface area contributed by atoms with Gasteiger partial charge in [0.2, 0.25) is 0 Å². The molecule has 1 aliphatic carbocycles. The predicted octanol–water partition coefficient (Wildman–Crippen LogP) is 3.15. The summed E-state index contributed by atoms with van der Waals surface area (Å²) in [6.07, 6.45) is 0.671. The van der Waals surface area contributed by atoms with Gasteiger partial charge in [0, 0.05) is 24.4 Å². The summed E-state index contributed by atoms with van der Waals surface area (Å²) in [5.74, 6) is -0.232. The van der Waals surface area contributed by atoms with E-state index in [9.17, 15) is 15.5 Å². The highest BCUT2D eigenvalue weighted by atomic mass is 16.5. The van der Waals surface area contributed by atoms with Crippen molar-refractivity contribution < 1.29 is 14.9 Å². The van der Waals surface area contributed by atoms with E-state index in [2.05, 4.69) is 6.07 Å².